The van der Waals surface area contributed by atoms with E-state index in [1.165, 1.54) is 0 Å². The maximum Gasteiger partial charge on any atom is 0.160 e. The number of nitrogens with zero attached hydrogens (tertiary/aromatic N) is 4. The number of aliphatic hydroxyl groups is 1. The number of rotatable bonds is 4. The Kier molecular flexibility index (Phi) is 3.60. The number of likely N-dealkylation sites (tertiary alicyclic amines) is 1. The molecule has 4 heterocycles. The summed E-state index contributed by atoms with van der Waals surface area (Å²) in [6.07, 6.45) is 4.24. The van der Waals surface area contributed by atoms with Gasteiger partial charge in [-0.2, -0.15) is 0 Å². The third kappa shape index (κ3) is 2.41. The molecule has 118 valence electrons. The second kappa shape index (κ2) is 5.61. The van der Waals surface area contributed by atoms with Gasteiger partial charge in [0, 0.05) is 18.7 Å². The fraction of sp³-hybridized carbons (Fsp3) is 0.625. The van der Waals surface area contributed by atoms with Crippen LogP contribution >= 0.6 is 0 Å². The van der Waals surface area contributed by atoms with E-state index in [4.69, 9.17) is 4.74 Å². The summed E-state index contributed by atoms with van der Waals surface area (Å²) in [5, 5.41) is 18.2. The minimum atomic E-state index is -0.0194. The van der Waals surface area contributed by atoms with E-state index in [2.05, 4.69) is 19.5 Å². The van der Waals surface area contributed by atoms with E-state index in [-0.39, 0.29) is 12.0 Å². The molecular formula is C16H22N4O2. The molecule has 0 aromatic carbocycles. The smallest absolute Gasteiger partial charge is 0.160 e. The predicted octanol–water partition coefficient (Wildman–Crippen LogP) is 0.918. The first-order valence-corrected chi connectivity index (χ1v) is 8.00. The second-order valence-electron chi connectivity index (χ2n) is 6.69. The van der Waals surface area contributed by atoms with Crippen LogP contribution < -0.4 is 0 Å². The molecule has 6 nitrogen and oxygen atoms in total. The fourth-order valence-corrected chi connectivity index (χ4v) is 3.59. The van der Waals surface area contributed by atoms with E-state index >= 15 is 0 Å². The molecule has 6 heteroatoms. The van der Waals surface area contributed by atoms with Crippen LogP contribution in [0.4, 0.5) is 0 Å². The Morgan fingerprint density at radius 2 is 2.05 bits per heavy atom. The summed E-state index contributed by atoms with van der Waals surface area (Å²) in [5.74, 6) is 1.55. The molecule has 2 aromatic rings. The lowest BCUT2D eigenvalue weighted by atomic mass is 9.85. The summed E-state index contributed by atoms with van der Waals surface area (Å²) in [6.45, 7) is 4.65. The van der Waals surface area contributed by atoms with Crippen LogP contribution in [-0.4, -0.2) is 64.1 Å². The zero-order valence-electron chi connectivity index (χ0n) is 12.7. The molecule has 0 spiro atoms. The van der Waals surface area contributed by atoms with Crippen molar-refractivity contribution in [1.29, 1.82) is 0 Å². The molecule has 0 radical (unpaired) electrons. The molecule has 2 fully saturated rings. The number of pyridine rings is 1. The van der Waals surface area contributed by atoms with Gasteiger partial charge in [-0.15, -0.1) is 10.2 Å². The van der Waals surface area contributed by atoms with E-state index in [1.807, 2.05) is 24.4 Å². The third-order valence-corrected chi connectivity index (χ3v) is 5.00. The third-order valence-electron chi connectivity index (χ3n) is 5.00. The molecule has 1 N–H and O–H groups in total. The molecule has 2 aromatic heterocycles. The van der Waals surface area contributed by atoms with Gasteiger partial charge >= 0.3 is 0 Å². The number of fused-ring (bicyclic) bond motifs is 1. The van der Waals surface area contributed by atoms with Crippen LogP contribution in [0.1, 0.15) is 24.6 Å². The Labute approximate surface area is 129 Å². The van der Waals surface area contributed by atoms with Crippen molar-refractivity contribution in [3.05, 3.63) is 30.2 Å². The average molecular weight is 302 g/mol. The molecule has 2 aliphatic rings. The Hall–Kier alpha value is -1.50. The van der Waals surface area contributed by atoms with Gasteiger partial charge in [0.1, 0.15) is 5.82 Å². The molecule has 22 heavy (non-hydrogen) atoms. The topological polar surface area (TPSA) is 62.9 Å². The molecule has 2 aliphatic heterocycles. The summed E-state index contributed by atoms with van der Waals surface area (Å²) in [4.78, 5) is 2.46. The van der Waals surface area contributed by atoms with Gasteiger partial charge < -0.3 is 14.7 Å². The largest absolute Gasteiger partial charge is 0.396 e. The molecule has 2 saturated heterocycles. The van der Waals surface area contributed by atoms with Crippen LogP contribution in [0.3, 0.4) is 0 Å². The van der Waals surface area contributed by atoms with Gasteiger partial charge in [-0.3, -0.25) is 4.40 Å². The highest BCUT2D eigenvalue weighted by Gasteiger charge is 2.40. The van der Waals surface area contributed by atoms with Gasteiger partial charge in [0.05, 0.1) is 25.2 Å². The molecule has 0 unspecified atom stereocenters. The van der Waals surface area contributed by atoms with Crippen molar-refractivity contribution >= 4 is 5.65 Å². The van der Waals surface area contributed by atoms with Crippen molar-refractivity contribution in [1.82, 2.24) is 19.5 Å². The van der Waals surface area contributed by atoms with Crippen LogP contribution in [0.2, 0.25) is 0 Å². The molecule has 0 saturated carbocycles. The highest BCUT2D eigenvalue weighted by molar-refractivity contribution is 5.37. The van der Waals surface area contributed by atoms with Crippen molar-refractivity contribution in [3.63, 3.8) is 0 Å². The van der Waals surface area contributed by atoms with Gasteiger partial charge in [-0.1, -0.05) is 6.07 Å². The number of piperidine rings is 1. The fourth-order valence-electron chi connectivity index (χ4n) is 3.59. The van der Waals surface area contributed by atoms with Gasteiger partial charge in [0.15, 0.2) is 5.65 Å². The van der Waals surface area contributed by atoms with Crippen molar-refractivity contribution in [2.75, 3.05) is 39.5 Å². The minimum absolute atomic E-state index is 0.0194. The van der Waals surface area contributed by atoms with E-state index in [0.717, 1.165) is 43.9 Å². The maximum atomic E-state index is 9.56. The minimum Gasteiger partial charge on any atom is -0.396 e. The lowest BCUT2D eigenvalue weighted by Crippen LogP contribution is -2.54. The monoisotopic (exact) mass is 302 g/mol. The standard InChI is InChI=1S/C16H22N4O2/c21-10-16(11-22-12-16)9-19-7-4-13(5-8-19)15-18-17-14-3-1-2-6-20(14)15/h1-3,6,13,21H,4-5,7-12H2. The van der Waals surface area contributed by atoms with Crippen LogP contribution in [0.15, 0.2) is 24.4 Å². The van der Waals surface area contributed by atoms with E-state index in [0.29, 0.717) is 19.1 Å². The molecular weight excluding hydrogens is 280 g/mol. The van der Waals surface area contributed by atoms with Gasteiger partial charge in [0.2, 0.25) is 0 Å². The Morgan fingerprint density at radius 1 is 1.23 bits per heavy atom. The Morgan fingerprint density at radius 3 is 2.73 bits per heavy atom. The van der Waals surface area contributed by atoms with Crippen molar-refractivity contribution in [2.45, 2.75) is 18.8 Å². The molecule has 0 aliphatic carbocycles. The van der Waals surface area contributed by atoms with Gasteiger partial charge in [0.25, 0.3) is 0 Å². The number of aliphatic hydroxyl groups excluding tert-OH is 1. The summed E-state index contributed by atoms with van der Waals surface area (Å²) >= 11 is 0. The van der Waals surface area contributed by atoms with Crippen LogP contribution in [0.25, 0.3) is 5.65 Å². The van der Waals surface area contributed by atoms with Crippen molar-refractivity contribution in [2.24, 2.45) is 5.41 Å². The Balaban J connectivity index is 1.41. The summed E-state index contributed by atoms with van der Waals surface area (Å²) in [7, 11) is 0. The zero-order chi connectivity index (χ0) is 15.0. The van der Waals surface area contributed by atoms with Crippen LogP contribution in [-0.2, 0) is 4.74 Å². The zero-order valence-corrected chi connectivity index (χ0v) is 12.7. The molecule has 0 amide bonds. The van der Waals surface area contributed by atoms with Crippen molar-refractivity contribution in [3.8, 4) is 0 Å². The van der Waals surface area contributed by atoms with E-state index in [9.17, 15) is 5.11 Å². The highest BCUT2D eigenvalue weighted by atomic mass is 16.5. The van der Waals surface area contributed by atoms with Crippen LogP contribution in [0.5, 0.6) is 0 Å². The number of ether oxygens (including phenoxy) is 1. The first-order valence-electron chi connectivity index (χ1n) is 8.00. The van der Waals surface area contributed by atoms with Gasteiger partial charge in [-0.25, -0.2) is 0 Å². The maximum absolute atomic E-state index is 9.56. The first kappa shape index (κ1) is 14.1. The number of hydrogen-bond donors (Lipinski definition) is 1. The average Bonchev–Trinajstić information content (AvgIpc) is 2.96. The second-order valence-corrected chi connectivity index (χ2v) is 6.69. The number of aromatic nitrogens is 3. The number of hydrogen-bond acceptors (Lipinski definition) is 5. The molecule has 4 rings (SSSR count). The Bertz CT molecular complexity index is 639. The summed E-state index contributed by atoms with van der Waals surface area (Å²) < 4.78 is 7.40. The SMILES string of the molecule is OCC1(CN2CCC(c3nnc4ccccn34)CC2)COC1. The highest BCUT2D eigenvalue weighted by Crippen LogP contribution is 2.32. The first-order chi connectivity index (χ1) is 10.8. The lowest BCUT2D eigenvalue weighted by molar-refractivity contribution is -0.149. The predicted molar refractivity (Wildman–Crippen MR) is 81.7 cm³/mol. The van der Waals surface area contributed by atoms with Crippen molar-refractivity contribution < 1.29 is 9.84 Å². The normalized spacial score (nSPS) is 22.8. The molecule has 0 atom stereocenters. The lowest BCUT2D eigenvalue weighted by Gasteiger charge is -2.44. The van der Waals surface area contributed by atoms with E-state index < -0.39 is 0 Å². The molecule has 0 bridgehead atoms. The summed E-state index contributed by atoms with van der Waals surface area (Å²) in [5.41, 5.74) is 0.903. The van der Waals surface area contributed by atoms with Gasteiger partial charge in [-0.05, 0) is 38.1 Å². The van der Waals surface area contributed by atoms with Crippen LogP contribution in [0, 0.1) is 5.41 Å². The van der Waals surface area contributed by atoms with E-state index in [1.54, 1.807) is 0 Å². The summed E-state index contributed by atoms with van der Waals surface area (Å²) in [6, 6.07) is 6.01. The quantitative estimate of drug-likeness (QED) is 0.910.